The summed E-state index contributed by atoms with van der Waals surface area (Å²) in [6, 6.07) is 20.6. The minimum atomic E-state index is -3.96. The number of aromatic nitrogens is 1. The number of piperazine rings is 1. The number of amides is 2. The van der Waals surface area contributed by atoms with E-state index in [1.165, 1.54) is 12.1 Å². The van der Waals surface area contributed by atoms with Gasteiger partial charge in [0.15, 0.2) is 0 Å². The van der Waals surface area contributed by atoms with Crippen LogP contribution in [0.4, 0.5) is 11.4 Å². The third-order valence-electron chi connectivity index (χ3n) is 7.27. The molecule has 3 aromatic carbocycles. The number of H-pyrrole nitrogens is 1. The molecule has 1 aliphatic heterocycles. The summed E-state index contributed by atoms with van der Waals surface area (Å²) in [5, 5.41) is 3.82. The van der Waals surface area contributed by atoms with Crippen LogP contribution in [0, 0.1) is 6.92 Å². The number of rotatable bonds is 8. The molecule has 0 aliphatic carbocycles. The van der Waals surface area contributed by atoms with E-state index in [0.29, 0.717) is 18.8 Å². The van der Waals surface area contributed by atoms with Crippen LogP contribution in [0.3, 0.4) is 0 Å². The maximum atomic E-state index is 13.5. The standard InChI is InChI=1S/C30H33N5O4S/c1-21-7-13-26(14-8-21)40(38,39)33-29(19-23-20-31-28-6-4-3-5-27(23)28)30(37)32-24-9-11-25(12-10-24)35-17-15-34(16-18-35)22(2)36/h3-14,20,29,31,33H,15-19H2,1-2H3,(H,32,37). The number of nitrogens with zero attached hydrogens (tertiary/aromatic N) is 2. The van der Waals surface area contributed by atoms with Crippen molar-refractivity contribution >= 4 is 44.1 Å². The second kappa shape index (κ2) is 11.5. The minimum Gasteiger partial charge on any atom is -0.368 e. The highest BCUT2D eigenvalue weighted by molar-refractivity contribution is 7.89. The fourth-order valence-electron chi connectivity index (χ4n) is 4.95. The summed E-state index contributed by atoms with van der Waals surface area (Å²) >= 11 is 0. The number of para-hydroxylation sites is 1. The van der Waals surface area contributed by atoms with Gasteiger partial charge in [-0.2, -0.15) is 4.72 Å². The average Bonchev–Trinajstić information content (AvgIpc) is 3.36. The van der Waals surface area contributed by atoms with E-state index in [1.807, 2.05) is 66.6 Å². The lowest BCUT2D eigenvalue weighted by Gasteiger charge is -2.35. The second-order valence-electron chi connectivity index (χ2n) is 10.1. The first-order chi connectivity index (χ1) is 19.2. The summed E-state index contributed by atoms with van der Waals surface area (Å²) < 4.78 is 29.2. The first-order valence-corrected chi connectivity index (χ1v) is 14.7. The van der Waals surface area contributed by atoms with Gasteiger partial charge in [-0.3, -0.25) is 9.59 Å². The summed E-state index contributed by atoms with van der Waals surface area (Å²) in [4.78, 5) is 32.5. The van der Waals surface area contributed by atoms with Gasteiger partial charge in [-0.05, 0) is 61.4 Å². The lowest BCUT2D eigenvalue weighted by Crippen LogP contribution is -2.48. The van der Waals surface area contributed by atoms with Crippen LogP contribution in [0.2, 0.25) is 0 Å². The highest BCUT2D eigenvalue weighted by Gasteiger charge is 2.27. The molecule has 0 radical (unpaired) electrons. The summed E-state index contributed by atoms with van der Waals surface area (Å²) in [5.41, 5.74) is 4.25. The Hall–Kier alpha value is -4.15. The molecule has 0 spiro atoms. The molecule has 0 bridgehead atoms. The third-order valence-corrected chi connectivity index (χ3v) is 8.76. The molecule has 1 aromatic heterocycles. The highest BCUT2D eigenvalue weighted by Crippen LogP contribution is 2.23. The Morgan fingerprint density at radius 3 is 2.27 bits per heavy atom. The molecule has 4 aromatic rings. The summed E-state index contributed by atoms with van der Waals surface area (Å²) in [5.74, 6) is -0.373. The maximum absolute atomic E-state index is 13.5. The van der Waals surface area contributed by atoms with Gasteiger partial charge in [-0.1, -0.05) is 35.9 Å². The molecule has 208 valence electrons. The van der Waals surface area contributed by atoms with Crippen LogP contribution in [0.5, 0.6) is 0 Å². The fraction of sp³-hybridized carbons (Fsp3) is 0.267. The Balaban J connectivity index is 1.34. The van der Waals surface area contributed by atoms with Gasteiger partial charge in [-0.25, -0.2) is 8.42 Å². The Kier molecular flexibility index (Phi) is 7.90. The van der Waals surface area contributed by atoms with Gasteiger partial charge in [-0.15, -0.1) is 0 Å². The average molecular weight is 560 g/mol. The molecule has 2 heterocycles. The molecule has 1 saturated heterocycles. The van der Waals surface area contributed by atoms with Gasteiger partial charge >= 0.3 is 0 Å². The van der Waals surface area contributed by atoms with E-state index in [0.717, 1.165) is 40.8 Å². The number of aryl methyl sites for hydroxylation is 1. The zero-order chi connectivity index (χ0) is 28.3. The third kappa shape index (κ3) is 6.19. The van der Waals surface area contributed by atoms with Crippen molar-refractivity contribution in [2.45, 2.75) is 31.2 Å². The molecule has 40 heavy (non-hydrogen) atoms. The lowest BCUT2D eigenvalue weighted by molar-refractivity contribution is -0.129. The number of fused-ring (bicyclic) bond motifs is 1. The van der Waals surface area contributed by atoms with E-state index in [-0.39, 0.29) is 17.2 Å². The fourth-order valence-corrected chi connectivity index (χ4v) is 6.14. The largest absolute Gasteiger partial charge is 0.368 e. The van der Waals surface area contributed by atoms with E-state index in [9.17, 15) is 18.0 Å². The van der Waals surface area contributed by atoms with Gasteiger partial charge < -0.3 is 20.1 Å². The normalized spacial score (nSPS) is 14.8. The Morgan fingerprint density at radius 2 is 1.60 bits per heavy atom. The van der Waals surface area contributed by atoms with Crippen LogP contribution in [0.25, 0.3) is 10.9 Å². The van der Waals surface area contributed by atoms with Crippen LogP contribution in [0.1, 0.15) is 18.1 Å². The SMILES string of the molecule is CC(=O)N1CCN(c2ccc(NC(=O)C(Cc3c[nH]c4ccccc34)NS(=O)(=O)c3ccc(C)cc3)cc2)CC1. The van der Waals surface area contributed by atoms with Gasteiger partial charge in [0.25, 0.3) is 0 Å². The topological polar surface area (TPSA) is 115 Å². The summed E-state index contributed by atoms with van der Waals surface area (Å²) in [6.45, 7) is 6.28. The minimum absolute atomic E-state index is 0.0814. The van der Waals surface area contributed by atoms with Crippen LogP contribution >= 0.6 is 0 Å². The molecular formula is C30H33N5O4S. The van der Waals surface area contributed by atoms with Crippen molar-refractivity contribution in [1.29, 1.82) is 0 Å². The van der Waals surface area contributed by atoms with Crippen molar-refractivity contribution in [2.75, 3.05) is 36.4 Å². The van der Waals surface area contributed by atoms with E-state index >= 15 is 0 Å². The number of carbonyl (C=O) groups is 2. The van der Waals surface area contributed by atoms with Crippen LogP contribution in [-0.4, -0.2) is 62.3 Å². The number of carbonyl (C=O) groups excluding carboxylic acids is 2. The predicted molar refractivity (Wildman–Crippen MR) is 157 cm³/mol. The van der Waals surface area contributed by atoms with Crippen LogP contribution in [-0.2, 0) is 26.0 Å². The quantitative estimate of drug-likeness (QED) is 0.305. The van der Waals surface area contributed by atoms with E-state index in [4.69, 9.17) is 0 Å². The van der Waals surface area contributed by atoms with Gasteiger partial charge in [0.1, 0.15) is 6.04 Å². The number of aromatic amines is 1. The number of anilines is 2. The molecule has 9 nitrogen and oxygen atoms in total. The van der Waals surface area contributed by atoms with Crippen molar-refractivity contribution < 1.29 is 18.0 Å². The number of hydrogen-bond donors (Lipinski definition) is 3. The molecule has 0 saturated carbocycles. The number of benzene rings is 3. The zero-order valence-electron chi connectivity index (χ0n) is 22.6. The van der Waals surface area contributed by atoms with Crippen molar-refractivity contribution in [3.05, 3.63) is 90.1 Å². The van der Waals surface area contributed by atoms with Crippen molar-refractivity contribution in [2.24, 2.45) is 0 Å². The maximum Gasteiger partial charge on any atom is 0.242 e. The van der Waals surface area contributed by atoms with Crippen molar-refractivity contribution in [3.8, 4) is 0 Å². The Morgan fingerprint density at radius 1 is 0.925 bits per heavy atom. The molecule has 3 N–H and O–H groups in total. The molecule has 2 amide bonds. The van der Waals surface area contributed by atoms with E-state index in [2.05, 4.69) is 19.9 Å². The molecule has 5 rings (SSSR count). The zero-order valence-corrected chi connectivity index (χ0v) is 23.4. The van der Waals surface area contributed by atoms with E-state index < -0.39 is 22.0 Å². The van der Waals surface area contributed by atoms with Gasteiger partial charge in [0.2, 0.25) is 21.8 Å². The first kappa shape index (κ1) is 27.4. The van der Waals surface area contributed by atoms with Gasteiger partial charge in [0.05, 0.1) is 4.90 Å². The predicted octanol–water partition coefficient (Wildman–Crippen LogP) is 3.67. The number of sulfonamides is 1. The van der Waals surface area contributed by atoms with Crippen molar-refractivity contribution in [3.63, 3.8) is 0 Å². The lowest BCUT2D eigenvalue weighted by atomic mass is 10.0. The highest BCUT2D eigenvalue weighted by atomic mass is 32.2. The van der Waals surface area contributed by atoms with Crippen LogP contribution in [0.15, 0.2) is 83.9 Å². The molecule has 1 unspecified atom stereocenters. The smallest absolute Gasteiger partial charge is 0.242 e. The summed E-state index contributed by atoms with van der Waals surface area (Å²) in [6.07, 6.45) is 1.98. The second-order valence-corrected chi connectivity index (χ2v) is 11.8. The van der Waals surface area contributed by atoms with Crippen LogP contribution < -0.4 is 14.9 Å². The Labute approximate surface area is 234 Å². The number of nitrogens with one attached hydrogen (secondary N) is 3. The molecule has 1 atom stereocenters. The first-order valence-electron chi connectivity index (χ1n) is 13.2. The molecule has 1 aliphatic rings. The van der Waals surface area contributed by atoms with Crippen molar-refractivity contribution in [1.82, 2.24) is 14.6 Å². The molecule has 10 heteroatoms. The Bertz CT molecular complexity index is 1610. The monoisotopic (exact) mass is 559 g/mol. The molecular weight excluding hydrogens is 526 g/mol. The summed E-state index contributed by atoms with van der Waals surface area (Å²) in [7, 11) is -3.96. The number of hydrogen-bond acceptors (Lipinski definition) is 5. The van der Waals surface area contributed by atoms with Gasteiger partial charge in [0, 0.05) is 61.6 Å². The molecule has 1 fully saturated rings. The van der Waals surface area contributed by atoms with E-state index in [1.54, 1.807) is 19.1 Å².